The maximum atomic E-state index is 13.4. The van der Waals surface area contributed by atoms with E-state index in [1.165, 1.54) is 28.4 Å². The van der Waals surface area contributed by atoms with Gasteiger partial charge in [0.05, 0.1) is 18.2 Å². The summed E-state index contributed by atoms with van der Waals surface area (Å²) in [4.78, 5) is 28.1. The van der Waals surface area contributed by atoms with Crippen molar-refractivity contribution < 1.29 is 19.1 Å². The van der Waals surface area contributed by atoms with Gasteiger partial charge in [-0.1, -0.05) is 39.0 Å². The van der Waals surface area contributed by atoms with E-state index in [0.717, 1.165) is 4.88 Å². The second-order valence-electron chi connectivity index (χ2n) is 7.31. The van der Waals surface area contributed by atoms with Gasteiger partial charge in [0.15, 0.2) is 11.5 Å². The molecule has 1 aromatic heterocycles. The highest BCUT2D eigenvalue weighted by atomic mass is 32.1. The Hall–Kier alpha value is -2.47. The molecule has 0 fully saturated rings. The minimum absolute atomic E-state index is 0.0747. The summed E-state index contributed by atoms with van der Waals surface area (Å²) in [6, 6.07) is 8.70. The molecule has 1 N–H and O–H groups in total. The Balaban J connectivity index is 2.09. The van der Waals surface area contributed by atoms with E-state index in [-0.39, 0.29) is 17.9 Å². The van der Waals surface area contributed by atoms with Crippen LogP contribution < -0.4 is 0 Å². The van der Waals surface area contributed by atoms with Gasteiger partial charge >= 0.3 is 0 Å². The molecule has 2 aromatic rings. The van der Waals surface area contributed by atoms with Crippen molar-refractivity contribution >= 4 is 23.0 Å². The first-order valence-electron chi connectivity index (χ1n) is 8.27. The van der Waals surface area contributed by atoms with Gasteiger partial charge in [0.2, 0.25) is 0 Å². The summed E-state index contributed by atoms with van der Waals surface area (Å²) >= 11 is 1.49. The number of carbonyl (C=O) groups excluding carboxylic acids is 2. The van der Waals surface area contributed by atoms with Gasteiger partial charge in [0.25, 0.3) is 5.91 Å². The fraction of sp³-hybridized carbons (Fsp3) is 0.300. The van der Waals surface area contributed by atoms with E-state index in [2.05, 4.69) is 0 Å². The summed E-state index contributed by atoms with van der Waals surface area (Å²) in [7, 11) is 0. The molecule has 6 heteroatoms. The summed E-state index contributed by atoms with van der Waals surface area (Å²) in [5.74, 6) is -1.80. The minimum Gasteiger partial charge on any atom is -0.503 e. The lowest BCUT2D eigenvalue weighted by atomic mass is 9.82. The molecule has 1 atom stereocenters. The Morgan fingerprint density at radius 2 is 1.88 bits per heavy atom. The predicted molar refractivity (Wildman–Crippen MR) is 98.1 cm³/mol. The first-order chi connectivity index (χ1) is 12.2. The van der Waals surface area contributed by atoms with Crippen molar-refractivity contribution in [2.24, 2.45) is 5.41 Å². The molecule has 1 unspecified atom stereocenters. The van der Waals surface area contributed by atoms with Crippen molar-refractivity contribution in [1.82, 2.24) is 4.90 Å². The Morgan fingerprint density at radius 3 is 2.42 bits per heavy atom. The molecule has 1 amide bonds. The molecule has 1 aliphatic heterocycles. The van der Waals surface area contributed by atoms with Crippen LogP contribution in [0.2, 0.25) is 0 Å². The molecule has 26 heavy (non-hydrogen) atoms. The number of Topliss-reactive ketones (excluding diaryl/α,β-unsaturated/α-hetero) is 1. The van der Waals surface area contributed by atoms with E-state index >= 15 is 0 Å². The van der Waals surface area contributed by atoms with Crippen molar-refractivity contribution in [1.29, 1.82) is 0 Å². The molecule has 0 saturated heterocycles. The van der Waals surface area contributed by atoms with E-state index in [9.17, 15) is 19.1 Å². The summed E-state index contributed by atoms with van der Waals surface area (Å²) in [5.41, 5.74) is -0.0977. The zero-order valence-corrected chi connectivity index (χ0v) is 15.6. The van der Waals surface area contributed by atoms with Crippen molar-refractivity contribution in [3.05, 3.63) is 69.4 Å². The number of aliphatic hydroxyl groups is 1. The molecule has 0 radical (unpaired) electrons. The van der Waals surface area contributed by atoms with Crippen LogP contribution in [0.5, 0.6) is 0 Å². The number of amides is 1. The number of aliphatic hydroxyl groups excluding tert-OH is 1. The second-order valence-corrected chi connectivity index (χ2v) is 8.34. The van der Waals surface area contributed by atoms with E-state index in [4.69, 9.17) is 0 Å². The number of rotatable bonds is 4. The number of benzene rings is 1. The molecule has 0 bridgehead atoms. The van der Waals surface area contributed by atoms with Gasteiger partial charge in [0, 0.05) is 10.3 Å². The lowest BCUT2D eigenvalue weighted by molar-refractivity contribution is -0.130. The van der Waals surface area contributed by atoms with Crippen molar-refractivity contribution in [2.45, 2.75) is 33.4 Å². The number of carbonyl (C=O) groups is 2. The SMILES string of the molecule is CC(C)(C)C(=O)C1=C(O)C(=O)N(Cc2cccs2)C1c1ccc(F)cc1. The minimum atomic E-state index is -0.763. The fourth-order valence-electron chi connectivity index (χ4n) is 3.01. The second kappa shape index (κ2) is 6.68. The number of ketones is 1. The highest BCUT2D eigenvalue weighted by molar-refractivity contribution is 7.09. The van der Waals surface area contributed by atoms with Crippen molar-refractivity contribution in [2.75, 3.05) is 0 Å². The van der Waals surface area contributed by atoms with Crippen LogP contribution in [0.3, 0.4) is 0 Å². The van der Waals surface area contributed by atoms with Crippen LogP contribution in [-0.2, 0) is 16.1 Å². The number of nitrogens with zero attached hydrogens (tertiary/aromatic N) is 1. The van der Waals surface area contributed by atoms with E-state index in [1.807, 2.05) is 17.5 Å². The number of hydrogen-bond donors (Lipinski definition) is 1. The largest absolute Gasteiger partial charge is 0.503 e. The molecule has 1 aromatic carbocycles. The lowest BCUT2D eigenvalue weighted by Gasteiger charge is -2.28. The normalized spacial score (nSPS) is 17.9. The van der Waals surface area contributed by atoms with Crippen LogP contribution in [0, 0.1) is 11.2 Å². The summed E-state index contributed by atoms with van der Waals surface area (Å²) < 4.78 is 13.4. The van der Waals surface area contributed by atoms with Crippen molar-refractivity contribution in [3.63, 3.8) is 0 Å². The molecule has 4 nitrogen and oxygen atoms in total. The topological polar surface area (TPSA) is 57.6 Å². The highest BCUT2D eigenvalue weighted by Gasteiger charge is 2.45. The standard InChI is InChI=1S/C20H20FNO3S/c1-20(2,3)18(24)15-16(12-6-8-13(21)9-7-12)22(19(25)17(15)23)11-14-5-4-10-26-14/h4-10,16,23H,11H2,1-3H3. The Labute approximate surface area is 155 Å². The monoisotopic (exact) mass is 373 g/mol. The third-order valence-electron chi connectivity index (χ3n) is 4.32. The van der Waals surface area contributed by atoms with Gasteiger partial charge in [-0.25, -0.2) is 4.39 Å². The zero-order valence-electron chi connectivity index (χ0n) is 14.8. The summed E-state index contributed by atoms with van der Waals surface area (Å²) in [6.07, 6.45) is 0. The molecular weight excluding hydrogens is 353 g/mol. The van der Waals surface area contributed by atoms with Gasteiger partial charge in [-0.3, -0.25) is 9.59 Å². The summed E-state index contributed by atoms with van der Waals surface area (Å²) in [5, 5.41) is 12.4. The molecule has 136 valence electrons. The zero-order chi connectivity index (χ0) is 19.1. The van der Waals surface area contributed by atoms with Gasteiger partial charge < -0.3 is 10.0 Å². The van der Waals surface area contributed by atoms with Crippen LogP contribution in [0.4, 0.5) is 4.39 Å². The van der Waals surface area contributed by atoms with Crippen molar-refractivity contribution in [3.8, 4) is 0 Å². The van der Waals surface area contributed by atoms with Gasteiger partial charge in [-0.15, -0.1) is 11.3 Å². The maximum absolute atomic E-state index is 13.4. The predicted octanol–water partition coefficient (Wildman–Crippen LogP) is 4.40. The Morgan fingerprint density at radius 1 is 1.23 bits per heavy atom. The summed E-state index contributed by atoms with van der Waals surface area (Å²) in [6.45, 7) is 5.49. The fourth-order valence-corrected chi connectivity index (χ4v) is 3.72. The van der Waals surface area contributed by atoms with E-state index in [0.29, 0.717) is 5.56 Å². The van der Waals surface area contributed by atoms with Crippen LogP contribution >= 0.6 is 11.3 Å². The van der Waals surface area contributed by atoms with E-state index < -0.39 is 28.9 Å². The molecule has 0 saturated carbocycles. The quantitative estimate of drug-likeness (QED) is 0.864. The van der Waals surface area contributed by atoms with Gasteiger partial charge in [-0.05, 0) is 29.1 Å². The number of hydrogen-bond acceptors (Lipinski definition) is 4. The number of thiophene rings is 1. The molecule has 0 spiro atoms. The van der Waals surface area contributed by atoms with Crippen LogP contribution in [-0.4, -0.2) is 21.7 Å². The highest BCUT2D eigenvalue weighted by Crippen LogP contribution is 2.41. The first kappa shape index (κ1) is 18.3. The van der Waals surface area contributed by atoms with Crippen LogP contribution in [0.15, 0.2) is 53.1 Å². The van der Waals surface area contributed by atoms with Gasteiger partial charge in [0.1, 0.15) is 5.82 Å². The average molecular weight is 373 g/mol. The smallest absolute Gasteiger partial charge is 0.290 e. The Kier molecular flexibility index (Phi) is 4.71. The number of halogens is 1. The third-order valence-corrected chi connectivity index (χ3v) is 5.18. The maximum Gasteiger partial charge on any atom is 0.290 e. The Bertz CT molecular complexity index is 863. The van der Waals surface area contributed by atoms with Gasteiger partial charge in [-0.2, -0.15) is 0 Å². The van der Waals surface area contributed by atoms with Crippen LogP contribution in [0.1, 0.15) is 37.3 Å². The molecular formula is C20H20FNO3S. The molecule has 0 aliphatic carbocycles. The molecule has 2 heterocycles. The lowest BCUT2D eigenvalue weighted by Crippen LogP contribution is -2.32. The average Bonchev–Trinajstić information content (AvgIpc) is 3.17. The van der Waals surface area contributed by atoms with E-state index in [1.54, 1.807) is 32.9 Å². The third kappa shape index (κ3) is 3.29. The molecule has 3 rings (SSSR count). The van der Waals surface area contributed by atoms with Crippen LogP contribution in [0.25, 0.3) is 0 Å². The molecule has 1 aliphatic rings. The first-order valence-corrected chi connectivity index (χ1v) is 9.15.